The summed E-state index contributed by atoms with van der Waals surface area (Å²) < 4.78 is 1.78. The molecule has 3 aromatic rings. The van der Waals surface area contributed by atoms with Crippen molar-refractivity contribution in [3.05, 3.63) is 77.6 Å². The van der Waals surface area contributed by atoms with Gasteiger partial charge in [-0.05, 0) is 43.2 Å². The minimum atomic E-state index is -0.141. The maximum absolute atomic E-state index is 12.5. The van der Waals surface area contributed by atoms with Gasteiger partial charge in [-0.1, -0.05) is 37.3 Å². The minimum Gasteiger partial charge on any atom is -0.322 e. The highest BCUT2D eigenvalue weighted by molar-refractivity contribution is 6.05. The first-order valence-corrected chi connectivity index (χ1v) is 7.69. The summed E-state index contributed by atoms with van der Waals surface area (Å²) in [5.74, 6) is -0.141. The number of aryl methyl sites for hydroxylation is 1. The number of carbonyl (C=O) groups is 1. The molecular formula is C19H19N3O. The number of rotatable bonds is 4. The van der Waals surface area contributed by atoms with Crippen molar-refractivity contribution in [3.8, 4) is 5.69 Å². The number of anilines is 1. The quantitative estimate of drug-likeness (QED) is 0.792. The van der Waals surface area contributed by atoms with E-state index < -0.39 is 0 Å². The van der Waals surface area contributed by atoms with Gasteiger partial charge < -0.3 is 5.32 Å². The average Bonchev–Trinajstić information content (AvgIpc) is 2.97. The van der Waals surface area contributed by atoms with Gasteiger partial charge in [-0.3, -0.25) is 4.79 Å². The number of hydrogen-bond donors (Lipinski definition) is 1. The van der Waals surface area contributed by atoms with E-state index in [2.05, 4.69) is 17.3 Å². The fourth-order valence-electron chi connectivity index (χ4n) is 2.53. The second kappa shape index (κ2) is 6.48. The lowest BCUT2D eigenvalue weighted by Gasteiger charge is -2.07. The molecule has 2 aromatic carbocycles. The van der Waals surface area contributed by atoms with E-state index in [4.69, 9.17) is 0 Å². The van der Waals surface area contributed by atoms with Crippen molar-refractivity contribution in [2.75, 3.05) is 5.32 Å². The fraction of sp³-hybridized carbons (Fsp3) is 0.158. The van der Waals surface area contributed by atoms with Crippen molar-refractivity contribution < 1.29 is 4.79 Å². The number of amides is 1. The molecule has 3 rings (SSSR count). The fourth-order valence-corrected chi connectivity index (χ4v) is 2.53. The highest BCUT2D eigenvalue weighted by atomic mass is 16.1. The second-order valence-electron chi connectivity index (χ2n) is 5.40. The third-order valence-corrected chi connectivity index (χ3v) is 3.85. The van der Waals surface area contributed by atoms with Crippen molar-refractivity contribution in [1.82, 2.24) is 9.78 Å². The molecule has 0 saturated carbocycles. The van der Waals surface area contributed by atoms with Gasteiger partial charge in [-0.15, -0.1) is 0 Å². The molecule has 0 radical (unpaired) electrons. The predicted octanol–water partition coefficient (Wildman–Crippen LogP) is 4.00. The van der Waals surface area contributed by atoms with Gasteiger partial charge in [0.25, 0.3) is 5.91 Å². The molecule has 0 saturated heterocycles. The van der Waals surface area contributed by atoms with E-state index in [1.165, 1.54) is 5.56 Å². The van der Waals surface area contributed by atoms with Gasteiger partial charge in [0.1, 0.15) is 0 Å². The SMILES string of the molecule is CCc1cccc(NC(=O)c2cnn(-c3ccccc3)c2C)c1. The molecule has 1 N–H and O–H groups in total. The third-order valence-electron chi connectivity index (χ3n) is 3.85. The van der Waals surface area contributed by atoms with E-state index in [0.29, 0.717) is 5.56 Å². The van der Waals surface area contributed by atoms with Gasteiger partial charge in [0.05, 0.1) is 23.1 Å². The number of para-hydroxylation sites is 1. The zero-order valence-electron chi connectivity index (χ0n) is 13.3. The lowest BCUT2D eigenvalue weighted by molar-refractivity contribution is 0.102. The van der Waals surface area contributed by atoms with Gasteiger partial charge in [-0.2, -0.15) is 5.10 Å². The number of aromatic nitrogens is 2. The number of benzene rings is 2. The molecule has 0 fully saturated rings. The van der Waals surface area contributed by atoms with Gasteiger partial charge in [0.2, 0.25) is 0 Å². The van der Waals surface area contributed by atoms with E-state index in [1.807, 2.05) is 61.5 Å². The zero-order chi connectivity index (χ0) is 16.2. The molecule has 4 heteroatoms. The standard InChI is InChI=1S/C19H19N3O/c1-3-15-8-7-9-16(12-15)21-19(23)18-13-20-22(14(18)2)17-10-5-4-6-11-17/h4-13H,3H2,1-2H3,(H,21,23). The summed E-state index contributed by atoms with van der Waals surface area (Å²) in [5, 5.41) is 7.28. The van der Waals surface area contributed by atoms with Gasteiger partial charge in [-0.25, -0.2) is 4.68 Å². The van der Waals surface area contributed by atoms with Crippen LogP contribution in [0.5, 0.6) is 0 Å². The van der Waals surface area contributed by atoms with Crippen molar-refractivity contribution in [2.45, 2.75) is 20.3 Å². The third kappa shape index (κ3) is 3.16. The van der Waals surface area contributed by atoms with Crippen molar-refractivity contribution in [2.24, 2.45) is 0 Å². The van der Waals surface area contributed by atoms with Crippen LogP contribution in [0.1, 0.15) is 28.5 Å². The lowest BCUT2D eigenvalue weighted by atomic mass is 10.1. The Hall–Kier alpha value is -2.88. The molecule has 1 heterocycles. The van der Waals surface area contributed by atoms with Crippen LogP contribution in [-0.4, -0.2) is 15.7 Å². The lowest BCUT2D eigenvalue weighted by Crippen LogP contribution is -2.13. The van der Waals surface area contributed by atoms with E-state index in [1.54, 1.807) is 10.9 Å². The van der Waals surface area contributed by atoms with Gasteiger partial charge in [0, 0.05) is 5.69 Å². The van der Waals surface area contributed by atoms with Crippen LogP contribution in [0.4, 0.5) is 5.69 Å². The summed E-state index contributed by atoms with van der Waals surface area (Å²) in [7, 11) is 0. The normalized spacial score (nSPS) is 10.5. The molecule has 1 amide bonds. The van der Waals surface area contributed by atoms with Crippen molar-refractivity contribution in [1.29, 1.82) is 0 Å². The molecule has 0 aliphatic heterocycles. The van der Waals surface area contributed by atoms with Crippen LogP contribution in [-0.2, 0) is 6.42 Å². The van der Waals surface area contributed by atoms with E-state index in [-0.39, 0.29) is 5.91 Å². The highest BCUT2D eigenvalue weighted by Gasteiger charge is 2.15. The molecule has 0 bridgehead atoms. The first kappa shape index (κ1) is 15.0. The Labute approximate surface area is 135 Å². The maximum Gasteiger partial charge on any atom is 0.259 e. The molecule has 0 aliphatic rings. The molecule has 0 spiro atoms. The van der Waals surface area contributed by atoms with E-state index in [9.17, 15) is 4.79 Å². The minimum absolute atomic E-state index is 0.141. The van der Waals surface area contributed by atoms with Crippen LogP contribution in [0.25, 0.3) is 5.69 Å². The first-order valence-electron chi connectivity index (χ1n) is 7.69. The maximum atomic E-state index is 12.5. The molecule has 23 heavy (non-hydrogen) atoms. The monoisotopic (exact) mass is 305 g/mol. The van der Waals surface area contributed by atoms with Gasteiger partial charge >= 0.3 is 0 Å². The molecule has 0 aliphatic carbocycles. The van der Waals surface area contributed by atoms with Crippen LogP contribution in [0.3, 0.4) is 0 Å². The topological polar surface area (TPSA) is 46.9 Å². The number of nitrogens with one attached hydrogen (secondary N) is 1. The summed E-state index contributed by atoms with van der Waals surface area (Å²) in [6.07, 6.45) is 2.55. The molecule has 0 atom stereocenters. The largest absolute Gasteiger partial charge is 0.322 e. The van der Waals surface area contributed by atoms with Crippen LogP contribution in [0, 0.1) is 6.92 Å². The van der Waals surface area contributed by atoms with Crippen LogP contribution in [0.2, 0.25) is 0 Å². The summed E-state index contributed by atoms with van der Waals surface area (Å²) in [5.41, 5.74) is 4.34. The molecule has 116 valence electrons. The van der Waals surface area contributed by atoms with Crippen LogP contribution in [0.15, 0.2) is 60.8 Å². The first-order chi connectivity index (χ1) is 11.2. The smallest absolute Gasteiger partial charge is 0.259 e. The Morgan fingerprint density at radius 3 is 2.65 bits per heavy atom. The second-order valence-corrected chi connectivity index (χ2v) is 5.40. The Morgan fingerprint density at radius 1 is 1.13 bits per heavy atom. The summed E-state index contributed by atoms with van der Waals surface area (Å²) in [6.45, 7) is 3.99. The molecule has 1 aromatic heterocycles. The predicted molar refractivity (Wildman–Crippen MR) is 92.1 cm³/mol. The Kier molecular flexibility index (Phi) is 4.24. The zero-order valence-corrected chi connectivity index (χ0v) is 13.3. The summed E-state index contributed by atoms with van der Waals surface area (Å²) >= 11 is 0. The van der Waals surface area contributed by atoms with Crippen LogP contribution >= 0.6 is 0 Å². The summed E-state index contributed by atoms with van der Waals surface area (Å²) in [4.78, 5) is 12.5. The Morgan fingerprint density at radius 2 is 1.91 bits per heavy atom. The molecule has 4 nitrogen and oxygen atoms in total. The summed E-state index contributed by atoms with van der Waals surface area (Å²) in [6, 6.07) is 17.7. The Bertz CT molecular complexity index is 822. The van der Waals surface area contributed by atoms with Gasteiger partial charge in [0.15, 0.2) is 0 Å². The molecular weight excluding hydrogens is 286 g/mol. The number of hydrogen-bond acceptors (Lipinski definition) is 2. The van der Waals surface area contributed by atoms with E-state index >= 15 is 0 Å². The molecule has 0 unspecified atom stereocenters. The number of nitrogens with zero attached hydrogens (tertiary/aromatic N) is 2. The number of carbonyl (C=O) groups excluding carboxylic acids is 1. The average molecular weight is 305 g/mol. The van der Waals surface area contributed by atoms with E-state index in [0.717, 1.165) is 23.5 Å². The Balaban J connectivity index is 1.84. The van der Waals surface area contributed by atoms with Crippen molar-refractivity contribution >= 4 is 11.6 Å². The van der Waals surface area contributed by atoms with Crippen molar-refractivity contribution in [3.63, 3.8) is 0 Å². The highest BCUT2D eigenvalue weighted by Crippen LogP contribution is 2.17. The van der Waals surface area contributed by atoms with Crippen LogP contribution < -0.4 is 5.32 Å².